The van der Waals surface area contributed by atoms with E-state index in [1.807, 2.05) is 0 Å². The first-order valence-electron chi connectivity index (χ1n) is 19.3. The molecular weight excluding hydrogens is 914 g/mol. The van der Waals surface area contributed by atoms with Gasteiger partial charge in [-0.1, -0.05) is 11.6 Å². The summed E-state index contributed by atoms with van der Waals surface area (Å²) in [6.07, 6.45) is -1.40. The number of carbonyl (C=O) groups excluding carboxylic acids is 1. The molecule has 334 valence electrons. The lowest BCUT2D eigenvalue weighted by atomic mass is 10.0. The van der Waals surface area contributed by atoms with Gasteiger partial charge in [-0.2, -0.15) is 19.0 Å². The van der Waals surface area contributed by atoms with Crippen molar-refractivity contribution in [2.45, 2.75) is 63.1 Å². The average molecular weight is 947 g/mol. The third-order valence-corrected chi connectivity index (χ3v) is 13.2. The van der Waals surface area contributed by atoms with E-state index in [4.69, 9.17) is 16.6 Å². The minimum absolute atomic E-state index is 0.00656. The molecule has 3 N–H and O–H groups in total. The number of rotatable bonds is 12. The van der Waals surface area contributed by atoms with Crippen molar-refractivity contribution in [1.29, 1.82) is 0 Å². The number of amides is 1. The first kappa shape index (κ1) is 43.3. The Kier molecular flexibility index (Phi) is 10.2. The summed E-state index contributed by atoms with van der Waals surface area (Å²) in [5.74, 6) is -9.27. The number of anilines is 1. The van der Waals surface area contributed by atoms with Crippen LogP contribution in [-0.4, -0.2) is 64.8 Å². The quantitative estimate of drug-likeness (QED) is 0.110. The average Bonchev–Trinajstić information content (AvgIpc) is 3.41. The van der Waals surface area contributed by atoms with Crippen molar-refractivity contribution in [3.63, 3.8) is 0 Å². The van der Waals surface area contributed by atoms with Crippen molar-refractivity contribution in [2.75, 3.05) is 11.0 Å². The number of aliphatic hydroxyl groups is 1. The molecule has 24 heteroatoms. The maximum absolute atomic E-state index is 15.5. The van der Waals surface area contributed by atoms with Crippen molar-refractivity contribution < 1.29 is 44.7 Å². The monoisotopic (exact) mass is 946 g/mol. The number of hydrogen-bond acceptors (Lipinski definition) is 11. The Labute approximate surface area is 366 Å². The second-order valence-electron chi connectivity index (χ2n) is 16.2. The van der Waals surface area contributed by atoms with E-state index in [9.17, 15) is 35.9 Å². The van der Waals surface area contributed by atoms with Gasteiger partial charge in [-0.3, -0.25) is 28.2 Å². The predicted octanol–water partition coefficient (Wildman–Crippen LogP) is 6.76. The second kappa shape index (κ2) is 15.1. The lowest BCUT2D eigenvalue weighted by molar-refractivity contribution is -0.123. The number of thiazole rings is 1. The SMILES string of the molecule is Cn1nc(NS(C)(=O)=O)c2c(Cl)ccc(-n3c([C@H](Cc4cc(F)cc(F)c4)NC(=O)Cn4nc(C(F)F)c5c4C(F)(F)[C@@H]4C[C@H]54)nc4nc(-c5cnc(C(C)(C)O)s5)ccc4c3=O)c21. The molecule has 7 aromatic rings. The number of aromatic nitrogens is 8. The first-order chi connectivity index (χ1) is 30.0. The van der Waals surface area contributed by atoms with Crippen LogP contribution in [0.2, 0.25) is 5.02 Å². The largest absolute Gasteiger partial charge is 0.383 e. The molecule has 0 saturated heterocycles. The van der Waals surface area contributed by atoms with Gasteiger partial charge < -0.3 is 10.4 Å². The fraction of sp³-hybridized carbons (Fsp3) is 0.325. The van der Waals surface area contributed by atoms with Gasteiger partial charge in [0.15, 0.2) is 11.5 Å². The van der Waals surface area contributed by atoms with E-state index in [1.54, 1.807) is 13.8 Å². The Hall–Kier alpha value is -5.91. The smallest absolute Gasteiger partial charge is 0.293 e. The molecule has 0 bridgehead atoms. The highest BCUT2D eigenvalue weighted by Crippen LogP contribution is 2.68. The molecule has 15 nitrogen and oxygen atoms in total. The van der Waals surface area contributed by atoms with Gasteiger partial charge in [0.2, 0.25) is 15.9 Å². The summed E-state index contributed by atoms with van der Waals surface area (Å²) in [4.78, 5) is 43.3. The number of alkyl halides is 4. The Balaban J connectivity index is 1.26. The number of pyridine rings is 1. The van der Waals surface area contributed by atoms with Crippen molar-refractivity contribution in [3.8, 4) is 16.3 Å². The zero-order valence-electron chi connectivity index (χ0n) is 33.7. The number of nitrogens with one attached hydrogen (secondary N) is 2. The van der Waals surface area contributed by atoms with Crippen LogP contribution in [-0.2, 0) is 46.4 Å². The van der Waals surface area contributed by atoms with Crippen LogP contribution in [0.15, 0.2) is 53.5 Å². The molecule has 9 rings (SSSR count). The van der Waals surface area contributed by atoms with E-state index in [1.165, 1.54) is 42.2 Å². The van der Waals surface area contributed by atoms with Gasteiger partial charge >= 0.3 is 0 Å². The number of sulfonamides is 1. The van der Waals surface area contributed by atoms with Crippen LogP contribution in [0.3, 0.4) is 0 Å². The van der Waals surface area contributed by atoms with Gasteiger partial charge in [0.05, 0.1) is 49.9 Å². The topological polar surface area (TPSA) is 192 Å². The van der Waals surface area contributed by atoms with E-state index in [0.29, 0.717) is 20.6 Å². The van der Waals surface area contributed by atoms with Crippen molar-refractivity contribution in [3.05, 3.63) is 109 Å². The number of carbonyl (C=O) groups is 1. The molecule has 5 heterocycles. The number of nitrogens with zero attached hydrogens (tertiary/aromatic N) is 8. The Bertz CT molecular complexity index is 3260. The van der Waals surface area contributed by atoms with E-state index in [-0.39, 0.29) is 67.5 Å². The number of benzene rings is 2. The maximum atomic E-state index is 15.5. The number of aryl methyl sites for hydroxylation is 1. The third-order valence-electron chi connectivity index (χ3n) is 10.9. The summed E-state index contributed by atoms with van der Waals surface area (Å²) in [5.41, 5.74) is -4.06. The zero-order valence-corrected chi connectivity index (χ0v) is 36.1. The van der Waals surface area contributed by atoms with Crippen LogP contribution in [0.5, 0.6) is 0 Å². The molecule has 2 aliphatic rings. The molecule has 0 radical (unpaired) electrons. The molecule has 2 aromatic carbocycles. The fourth-order valence-corrected chi connectivity index (χ4v) is 9.90. The standard InChI is InChI=1S/C40H33ClF6N10O5S2/c1-39(2,60)38-48-14-26(63-38)23-7-5-19-34(50-23)51-36(57(37(19)59)25-8-6-22(41)29-31(25)55(3)53-35(29)54-64(4,61)62)24(11-16-9-17(42)12-18(43)10-16)49-27(58)15-56-32-28(30(52-56)33(44)45)20-13-21(20)40(32,46)47/h5-10,12,14,20-21,24,33,60H,11,13,15H2,1-4H3,(H,49,58)(H,53,54)/t20-,21+,24-/m0/s1. The summed E-state index contributed by atoms with van der Waals surface area (Å²) >= 11 is 7.74. The van der Waals surface area contributed by atoms with Gasteiger partial charge in [0.25, 0.3) is 17.9 Å². The number of hydrogen-bond donors (Lipinski definition) is 3. The van der Waals surface area contributed by atoms with E-state index >= 15 is 13.6 Å². The van der Waals surface area contributed by atoms with Gasteiger partial charge in [-0.25, -0.2) is 40.9 Å². The summed E-state index contributed by atoms with van der Waals surface area (Å²) in [6.45, 7) is 2.07. The van der Waals surface area contributed by atoms with Crippen LogP contribution in [0.25, 0.3) is 38.2 Å². The van der Waals surface area contributed by atoms with E-state index in [2.05, 4.69) is 30.2 Å². The zero-order chi connectivity index (χ0) is 45.9. The van der Waals surface area contributed by atoms with Crippen LogP contribution in [0.1, 0.15) is 72.0 Å². The van der Waals surface area contributed by atoms with Crippen LogP contribution in [0, 0.1) is 17.6 Å². The third kappa shape index (κ3) is 7.56. The van der Waals surface area contributed by atoms with Crippen molar-refractivity contribution in [2.24, 2.45) is 13.0 Å². The maximum Gasteiger partial charge on any atom is 0.293 e. The minimum atomic E-state index is -3.93. The molecule has 1 amide bonds. The van der Waals surface area contributed by atoms with Crippen molar-refractivity contribution >= 4 is 66.6 Å². The molecule has 64 heavy (non-hydrogen) atoms. The van der Waals surface area contributed by atoms with Gasteiger partial charge in [-0.05, 0) is 68.1 Å². The van der Waals surface area contributed by atoms with Crippen LogP contribution in [0.4, 0.5) is 32.2 Å². The van der Waals surface area contributed by atoms with Crippen LogP contribution >= 0.6 is 22.9 Å². The lowest BCUT2D eigenvalue weighted by Gasteiger charge is -2.24. The van der Waals surface area contributed by atoms with E-state index < -0.39 is 93.3 Å². The Morgan fingerprint density at radius 1 is 1.09 bits per heavy atom. The minimum Gasteiger partial charge on any atom is -0.383 e. The molecule has 0 spiro atoms. The summed E-state index contributed by atoms with van der Waals surface area (Å²) in [6, 6.07) is 6.60. The molecule has 5 aromatic heterocycles. The number of halogens is 7. The molecule has 1 fully saturated rings. The summed E-state index contributed by atoms with van der Waals surface area (Å²) < 4.78 is 119. The van der Waals surface area contributed by atoms with Gasteiger partial charge in [-0.15, -0.1) is 11.3 Å². The molecule has 2 aliphatic carbocycles. The fourth-order valence-electron chi connectivity index (χ4n) is 8.27. The molecule has 0 aliphatic heterocycles. The molecular formula is C40H33ClF6N10O5S2. The molecule has 0 unspecified atom stereocenters. The Morgan fingerprint density at radius 2 is 1.81 bits per heavy atom. The highest BCUT2D eigenvalue weighted by Gasteiger charge is 2.67. The summed E-state index contributed by atoms with van der Waals surface area (Å²) in [7, 11) is -2.50. The second-order valence-corrected chi connectivity index (χ2v) is 19.4. The predicted molar refractivity (Wildman–Crippen MR) is 222 cm³/mol. The Morgan fingerprint density at radius 3 is 2.47 bits per heavy atom. The first-order valence-corrected chi connectivity index (χ1v) is 22.4. The molecule has 3 atom stereocenters. The normalized spacial score (nSPS) is 17.3. The highest BCUT2D eigenvalue weighted by molar-refractivity contribution is 7.92. The highest BCUT2D eigenvalue weighted by atomic mass is 35.5. The molecule has 1 saturated carbocycles. The van der Waals surface area contributed by atoms with Crippen molar-refractivity contribution in [1.82, 2.24) is 44.4 Å². The van der Waals surface area contributed by atoms with Crippen LogP contribution < -0.4 is 15.6 Å². The van der Waals surface area contributed by atoms with E-state index in [0.717, 1.165) is 34.3 Å². The number of fused-ring (bicyclic) bond motifs is 5. The summed E-state index contributed by atoms with van der Waals surface area (Å²) in [5, 5.41) is 21.5. The van der Waals surface area contributed by atoms with Gasteiger partial charge in [0, 0.05) is 37.2 Å². The van der Waals surface area contributed by atoms with Gasteiger partial charge in [0.1, 0.15) is 46.0 Å². The lowest BCUT2D eigenvalue weighted by Crippen LogP contribution is -2.38.